The van der Waals surface area contributed by atoms with Crippen molar-refractivity contribution in [1.82, 2.24) is 15.5 Å². The topological polar surface area (TPSA) is 67.2 Å². The molecular formula is C20H15FN4OS2. The number of aromatic nitrogens is 2. The Morgan fingerprint density at radius 2 is 1.86 bits per heavy atom. The van der Waals surface area contributed by atoms with E-state index in [1.165, 1.54) is 40.8 Å². The number of nitrogens with zero attached hydrogens (tertiary/aromatic N) is 3. The van der Waals surface area contributed by atoms with Crippen molar-refractivity contribution in [3.8, 4) is 10.6 Å². The average molecular weight is 410 g/mol. The summed E-state index contributed by atoms with van der Waals surface area (Å²) in [6.45, 7) is 0. The number of rotatable bonds is 5. The summed E-state index contributed by atoms with van der Waals surface area (Å²) in [4.78, 5) is 17.1. The highest BCUT2D eigenvalue weighted by Crippen LogP contribution is 2.31. The number of thioether (sulfide) groups is 1. The highest BCUT2D eigenvalue weighted by Gasteiger charge is 2.24. The zero-order chi connectivity index (χ0) is 19.3. The number of halogens is 1. The molecule has 1 aromatic heterocycles. The molecule has 2 heterocycles. The Kier molecular flexibility index (Phi) is 5.59. The van der Waals surface area contributed by atoms with Crippen molar-refractivity contribution in [2.24, 2.45) is 4.99 Å². The molecule has 8 heteroatoms. The van der Waals surface area contributed by atoms with E-state index in [0.29, 0.717) is 20.2 Å². The molecule has 0 bridgehead atoms. The van der Waals surface area contributed by atoms with Gasteiger partial charge in [-0.1, -0.05) is 47.7 Å². The lowest BCUT2D eigenvalue weighted by Gasteiger charge is -1.97. The lowest BCUT2D eigenvalue weighted by Crippen LogP contribution is -2.19. The second-order valence-electron chi connectivity index (χ2n) is 5.96. The van der Waals surface area contributed by atoms with Gasteiger partial charge in [0.25, 0.3) is 5.91 Å². The number of hydrogen-bond acceptors (Lipinski definition) is 6. The molecule has 0 unspecified atom stereocenters. The number of carbonyl (C=O) groups excluding carboxylic acids is 1. The van der Waals surface area contributed by atoms with Crippen molar-refractivity contribution < 1.29 is 9.18 Å². The Balaban J connectivity index is 1.41. The predicted molar refractivity (Wildman–Crippen MR) is 111 cm³/mol. The second-order valence-corrected chi connectivity index (χ2v) is 7.95. The molecule has 1 saturated heterocycles. The lowest BCUT2D eigenvalue weighted by molar-refractivity contribution is -0.115. The van der Waals surface area contributed by atoms with Crippen LogP contribution >= 0.6 is 23.1 Å². The third-order valence-electron chi connectivity index (χ3n) is 3.96. The number of aliphatic imine (C=N–C) groups is 1. The van der Waals surface area contributed by atoms with E-state index in [2.05, 4.69) is 32.6 Å². The Morgan fingerprint density at radius 1 is 1.07 bits per heavy atom. The Bertz CT molecular complexity index is 1050. The fourth-order valence-corrected chi connectivity index (χ4v) is 4.21. The quantitative estimate of drug-likeness (QED) is 0.619. The maximum Gasteiger partial charge on any atom is 0.263 e. The third kappa shape index (κ3) is 4.52. The molecule has 0 atom stereocenters. The predicted octanol–water partition coefficient (Wildman–Crippen LogP) is 4.71. The van der Waals surface area contributed by atoms with Crippen LogP contribution in [0.15, 0.2) is 70.6 Å². The molecular weight excluding hydrogens is 395 g/mol. The van der Waals surface area contributed by atoms with Crippen LogP contribution in [-0.4, -0.2) is 21.3 Å². The van der Waals surface area contributed by atoms with Crippen molar-refractivity contribution in [3.05, 3.63) is 77.0 Å². The molecule has 4 rings (SSSR count). The van der Waals surface area contributed by atoms with Gasteiger partial charge in [-0.05, 0) is 54.4 Å². The van der Waals surface area contributed by atoms with Gasteiger partial charge in [-0.2, -0.15) is 4.99 Å². The van der Waals surface area contributed by atoms with Gasteiger partial charge in [0.2, 0.25) is 5.13 Å². The van der Waals surface area contributed by atoms with Crippen LogP contribution in [0.2, 0.25) is 0 Å². The molecule has 1 aliphatic heterocycles. The molecule has 1 amide bonds. The molecule has 0 spiro atoms. The zero-order valence-electron chi connectivity index (χ0n) is 14.6. The van der Waals surface area contributed by atoms with Crippen LogP contribution in [0.25, 0.3) is 10.6 Å². The first-order chi connectivity index (χ1) is 13.7. The van der Waals surface area contributed by atoms with Gasteiger partial charge < -0.3 is 5.32 Å². The van der Waals surface area contributed by atoms with Gasteiger partial charge in [0, 0.05) is 5.56 Å². The number of benzene rings is 2. The molecule has 3 aromatic rings. The van der Waals surface area contributed by atoms with Crippen molar-refractivity contribution in [2.75, 3.05) is 0 Å². The Hall–Kier alpha value is -2.84. The normalized spacial score (nSPS) is 16.7. The molecule has 5 nitrogen and oxygen atoms in total. The van der Waals surface area contributed by atoms with E-state index in [1.807, 2.05) is 24.3 Å². The summed E-state index contributed by atoms with van der Waals surface area (Å²) in [5.74, 6) is -0.453. The molecule has 0 aliphatic carbocycles. The maximum atomic E-state index is 13.0. The fraction of sp³-hybridized carbons (Fsp3) is 0.100. The van der Waals surface area contributed by atoms with Crippen molar-refractivity contribution in [2.45, 2.75) is 12.8 Å². The molecule has 1 fully saturated rings. The Labute approximate surface area is 169 Å². The van der Waals surface area contributed by atoms with Gasteiger partial charge in [0.1, 0.15) is 10.8 Å². The summed E-state index contributed by atoms with van der Waals surface area (Å²) in [6.07, 6.45) is 3.59. The van der Waals surface area contributed by atoms with Crippen molar-refractivity contribution in [1.29, 1.82) is 0 Å². The van der Waals surface area contributed by atoms with Gasteiger partial charge in [-0.15, -0.1) is 10.2 Å². The second kappa shape index (κ2) is 8.45. The number of aryl methyl sites for hydroxylation is 1. The zero-order valence-corrected chi connectivity index (χ0v) is 16.3. The highest BCUT2D eigenvalue weighted by atomic mass is 32.2. The number of carbonyl (C=O) groups is 1. The van der Waals surface area contributed by atoms with E-state index in [-0.39, 0.29) is 11.7 Å². The summed E-state index contributed by atoms with van der Waals surface area (Å²) in [5, 5.41) is 12.4. The molecule has 2 aromatic carbocycles. The molecule has 0 saturated carbocycles. The van der Waals surface area contributed by atoms with E-state index >= 15 is 0 Å². The smallest absolute Gasteiger partial charge is 0.263 e. The summed E-state index contributed by atoms with van der Waals surface area (Å²) in [7, 11) is 0. The third-order valence-corrected chi connectivity index (χ3v) is 5.78. The lowest BCUT2D eigenvalue weighted by atomic mass is 10.1. The SMILES string of the molecule is O=C1NC(=Nc2nnc(-c3ccc(F)cc3)s2)SC1=CCCc1ccccc1. The molecule has 1 aliphatic rings. The van der Waals surface area contributed by atoms with Crippen LogP contribution in [0.5, 0.6) is 0 Å². The van der Waals surface area contributed by atoms with Crippen molar-refractivity contribution >= 4 is 39.3 Å². The van der Waals surface area contributed by atoms with Gasteiger partial charge in [-0.3, -0.25) is 4.79 Å². The summed E-state index contributed by atoms with van der Waals surface area (Å²) in [6, 6.07) is 16.2. The molecule has 1 N–H and O–H groups in total. The molecule has 140 valence electrons. The van der Waals surface area contributed by atoms with Crippen LogP contribution in [-0.2, 0) is 11.2 Å². The van der Waals surface area contributed by atoms with E-state index in [0.717, 1.165) is 18.4 Å². The van der Waals surface area contributed by atoms with Crippen LogP contribution in [0.1, 0.15) is 12.0 Å². The largest absolute Gasteiger partial charge is 0.300 e. The first-order valence-electron chi connectivity index (χ1n) is 8.59. The monoisotopic (exact) mass is 410 g/mol. The van der Waals surface area contributed by atoms with E-state index in [4.69, 9.17) is 0 Å². The van der Waals surface area contributed by atoms with E-state index < -0.39 is 0 Å². The van der Waals surface area contributed by atoms with Gasteiger partial charge >= 0.3 is 0 Å². The molecule has 28 heavy (non-hydrogen) atoms. The summed E-state index contributed by atoms with van der Waals surface area (Å²) < 4.78 is 13.0. The van der Waals surface area contributed by atoms with Crippen LogP contribution in [0, 0.1) is 5.82 Å². The number of allylic oxidation sites excluding steroid dienone is 1. The van der Waals surface area contributed by atoms with Gasteiger partial charge in [-0.25, -0.2) is 4.39 Å². The van der Waals surface area contributed by atoms with Crippen LogP contribution < -0.4 is 5.32 Å². The minimum Gasteiger partial charge on any atom is -0.300 e. The van der Waals surface area contributed by atoms with Crippen molar-refractivity contribution in [3.63, 3.8) is 0 Å². The minimum atomic E-state index is -0.301. The number of nitrogens with one attached hydrogen (secondary N) is 1. The summed E-state index contributed by atoms with van der Waals surface area (Å²) >= 11 is 2.58. The standard InChI is InChI=1S/C20H15FN4OS2/c21-15-11-9-14(10-12-15)18-24-25-20(28-18)23-19-22-17(26)16(27-19)8-4-7-13-5-2-1-3-6-13/h1-3,5-6,8-12H,4,7H2,(H,22,23,25,26). The number of hydrogen-bond donors (Lipinski definition) is 1. The van der Waals surface area contributed by atoms with E-state index in [1.54, 1.807) is 12.1 Å². The molecule has 0 radical (unpaired) electrons. The first kappa shape index (κ1) is 18.5. The number of amidine groups is 1. The Morgan fingerprint density at radius 3 is 2.64 bits per heavy atom. The minimum absolute atomic E-state index is 0.153. The fourth-order valence-electron chi connectivity index (χ4n) is 2.59. The maximum absolute atomic E-state index is 13.0. The van der Waals surface area contributed by atoms with Gasteiger partial charge in [0.05, 0.1) is 4.91 Å². The van der Waals surface area contributed by atoms with E-state index in [9.17, 15) is 9.18 Å². The first-order valence-corrected chi connectivity index (χ1v) is 10.2. The highest BCUT2D eigenvalue weighted by molar-refractivity contribution is 8.18. The average Bonchev–Trinajstić information content (AvgIpc) is 3.30. The number of amides is 1. The summed E-state index contributed by atoms with van der Waals surface area (Å²) in [5.41, 5.74) is 2.01. The van der Waals surface area contributed by atoms with Crippen LogP contribution in [0.4, 0.5) is 9.52 Å². The van der Waals surface area contributed by atoms with Gasteiger partial charge in [0.15, 0.2) is 5.17 Å². The van der Waals surface area contributed by atoms with Crippen LogP contribution in [0.3, 0.4) is 0 Å².